The number of aliphatic carboxylic acids is 1. The topological polar surface area (TPSA) is 108 Å². The number of nitrogens with one attached hydrogen (secondary N) is 2. The molecule has 8 heteroatoms. The van der Waals surface area contributed by atoms with E-state index in [-0.39, 0.29) is 6.10 Å². The van der Waals surface area contributed by atoms with Crippen molar-refractivity contribution in [3.8, 4) is 0 Å². The summed E-state index contributed by atoms with van der Waals surface area (Å²) < 4.78 is 5.52. The fraction of sp³-hybridized carbons (Fsp3) is 0.400. The lowest BCUT2D eigenvalue weighted by Crippen LogP contribution is -2.45. The van der Waals surface area contributed by atoms with Gasteiger partial charge < -0.3 is 15.2 Å². The van der Waals surface area contributed by atoms with E-state index in [1.54, 1.807) is 6.08 Å². The van der Waals surface area contributed by atoms with Crippen molar-refractivity contribution < 1.29 is 24.2 Å². The number of carboxylic acids is 1. The molecule has 0 spiro atoms. The second-order valence-electron chi connectivity index (χ2n) is 4.78. The van der Waals surface area contributed by atoms with Gasteiger partial charge in [-0.15, -0.1) is 0 Å². The molecule has 0 aromatic rings. The van der Waals surface area contributed by atoms with Crippen molar-refractivity contribution in [3.63, 3.8) is 0 Å². The number of carbonyl (C=O) groups is 3. The second-order valence-corrected chi connectivity index (χ2v) is 4.78. The first-order valence-corrected chi connectivity index (χ1v) is 7.14. The van der Waals surface area contributed by atoms with Crippen LogP contribution < -0.4 is 10.7 Å². The maximum atomic E-state index is 11.7. The zero-order valence-corrected chi connectivity index (χ0v) is 12.8. The highest BCUT2D eigenvalue weighted by Gasteiger charge is 2.20. The Morgan fingerprint density at radius 2 is 2.17 bits per heavy atom. The average molecular weight is 323 g/mol. The standard InChI is InChI=1S/C15H21N3O5/c1-3-14(20)18(11(2)15(21)22)17-13(19)7-5-4-6-12-10-16-8-9-23-12/h3,5,7,12,16H,1-2,4,6,8-10H2,(H,17,19)(H,21,22). The van der Waals surface area contributed by atoms with E-state index in [0.29, 0.717) is 18.0 Å². The number of morpholine rings is 1. The lowest BCUT2D eigenvalue weighted by atomic mass is 10.1. The van der Waals surface area contributed by atoms with Crippen molar-refractivity contribution in [3.05, 3.63) is 37.1 Å². The molecule has 1 aliphatic heterocycles. The maximum Gasteiger partial charge on any atom is 0.353 e. The van der Waals surface area contributed by atoms with Gasteiger partial charge in [0, 0.05) is 19.2 Å². The highest BCUT2D eigenvalue weighted by Crippen LogP contribution is 2.05. The van der Waals surface area contributed by atoms with Gasteiger partial charge in [-0.05, 0) is 18.9 Å². The van der Waals surface area contributed by atoms with Crippen LogP contribution in [0.25, 0.3) is 0 Å². The smallest absolute Gasteiger partial charge is 0.353 e. The summed E-state index contributed by atoms with van der Waals surface area (Å²) in [4.78, 5) is 34.2. The molecule has 8 nitrogen and oxygen atoms in total. The lowest BCUT2D eigenvalue weighted by Gasteiger charge is -2.23. The van der Waals surface area contributed by atoms with Gasteiger partial charge in [0.05, 0.1) is 12.7 Å². The second kappa shape index (κ2) is 9.54. The third-order valence-electron chi connectivity index (χ3n) is 3.06. The van der Waals surface area contributed by atoms with Crippen LogP contribution in [-0.2, 0) is 19.1 Å². The Kier molecular flexibility index (Phi) is 7.72. The van der Waals surface area contributed by atoms with Crippen molar-refractivity contribution in [2.24, 2.45) is 0 Å². The first-order valence-electron chi connectivity index (χ1n) is 7.14. The molecule has 1 fully saturated rings. The first kappa shape index (κ1) is 18.6. The molecule has 126 valence electrons. The summed E-state index contributed by atoms with van der Waals surface area (Å²) in [5.41, 5.74) is 1.58. The molecule has 1 rings (SSSR count). The highest BCUT2D eigenvalue weighted by atomic mass is 16.5. The molecule has 0 bridgehead atoms. The molecule has 0 aromatic carbocycles. The van der Waals surface area contributed by atoms with E-state index in [1.165, 1.54) is 6.08 Å². The summed E-state index contributed by atoms with van der Waals surface area (Å²) in [5.74, 6) is -2.85. The number of amides is 2. The van der Waals surface area contributed by atoms with Crippen LogP contribution in [0, 0.1) is 0 Å². The summed E-state index contributed by atoms with van der Waals surface area (Å²) >= 11 is 0. The van der Waals surface area contributed by atoms with Crippen LogP contribution in [0.4, 0.5) is 0 Å². The zero-order chi connectivity index (χ0) is 17.2. The summed E-state index contributed by atoms with van der Waals surface area (Å²) in [7, 11) is 0. The zero-order valence-electron chi connectivity index (χ0n) is 12.8. The number of rotatable bonds is 7. The Labute approximate surface area is 134 Å². The van der Waals surface area contributed by atoms with Crippen molar-refractivity contribution in [1.82, 2.24) is 15.8 Å². The number of allylic oxidation sites excluding steroid dienone is 1. The minimum atomic E-state index is -1.42. The fourth-order valence-corrected chi connectivity index (χ4v) is 1.87. The van der Waals surface area contributed by atoms with E-state index in [4.69, 9.17) is 9.84 Å². The van der Waals surface area contributed by atoms with Gasteiger partial charge in [-0.2, -0.15) is 0 Å². The van der Waals surface area contributed by atoms with Crippen molar-refractivity contribution in [2.75, 3.05) is 19.7 Å². The minimum Gasteiger partial charge on any atom is -0.477 e. The van der Waals surface area contributed by atoms with E-state index in [0.717, 1.165) is 25.6 Å². The van der Waals surface area contributed by atoms with Crippen LogP contribution in [0.3, 0.4) is 0 Å². The molecule has 0 saturated carbocycles. The minimum absolute atomic E-state index is 0.113. The van der Waals surface area contributed by atoms with Gasteiger partial charge in [-0.25, -0.2) is 9.80 Å². The molecule has 1 heterocycles. The predicted molar refractivity (Wildman–Crippen MR) is 82.9 cm³/mol. The number of carbonyl (C=O) groups excluding carboxylic acids is 2. The molecule has 2 amide bonds. The average Bonchev–Trinajstić information content (AvgIpc) is 2.56. The van der Waals surface area contributed by atoms with Gasteiger partial charge in [0.2, 0.25) is 0 Å². The molecule has 1 aliphatic rings. The van der Waals surface area contributed by atoms with Crippen LogP contribution in [-0.4, -0.2) is 53.7 Å². The molecule has 1 atom stereocenters. The third-order valence-corrected chi connectivity index (χ3v) is 3.06. The van der Waals surface area contributed by atoms with Gasteiger partial charge in [0.25, 0.3) is 11.8 Å². The van der Waals surface area contributed by atoms with E-state index in [9.17, 15) is 14.4 Å². The molecule has 0 aliphatic carbocycles. The summed E-state index contributed by atoms with van der Waals surface area (Å²) in [6, 6.07) is 0. The monoisotopic (exact) mass is 323 g/mol. The fourth-order valence-electron chi connectivity index (χ4n) is 1.87. The van der Waals surface area contributed by atoms with Crippen LogP contribution in [0.15, 0.2) is 37.1 Å². The molecular formula is C15H21N3O5. The number of hydrazine groups is 1. The van der Waals surface area contributed by atoms with Crippen molar-refractivity contribution in [2.45, 2.75) is 18.9 Å². The molecule has 0 radical (unpaired) electrons. The van der Waals surface area contributed by atoms with Gasteiger partial charge in [-0.1, -0.05) is 19.2 Å². The van der Waals surface area contributed by atoms with Crippen LogP contribution >= 0.6 is 0 Å². The van der Waals surface area contributed by atoms with E-state index >= 15 is 0 Å². The van der Waals surface area contributed by atoms with E-state index < -0.39 is 23.5 Å². The Hall–Kier alpha value is -2.45. The Bertz CT molecular complexity index is 509. The quantitative estimate of drug-likeness (QED) is 0.448. The summed E-state index contributed by atoms with van der Waals surface area (Å²) in [5, 5.41) is 12.6. The number of hydrogen-bond donors (Lipinski definition) is 3. The predicted octanol–water partition coefficient (Wildman–Crippen LogP) is -0.0447. The third kappa shape index (κ3) is 6.45. The van der Waals surface area contributed by atoms with Gasteiger partial charge in [-0.3, -0.25) is 15.0 Å². The van der Waals surface area contributed by atoms with Crippen LogP contribution in [0.1, 0.15) is 12.8 Å². The molecule has 1 saturated heterocycles. The highest BCUT2D eigenvalue weighted by molar-refractivity contribution is 5.98. The largest absolute Gasteiger partial charge is 0.477 e. The van der Waals surface area contributed by atoms with Crippen LogP contribution in [0.2, 0.25) is 0 Å². The molecule has 23 heavy (non-hydrogen) atoms. The van der Waals surface area contributed by atoms with Crippen LogP contribution in [0.5, 0.6) is 0 Å². The van der Waals surface area contributed by atoms with Gasteiger partial charge >= 0.3 is 5.97 Å². The number of ether oxygens (including phenoxy) is 1. The lowest BCUT2D eigenvalue weighted by molar-refractivity contribution is -0.141. The first-order chi connectivity index (χ1) is 11.0. The van der Waals surface area contributed by atoms with E-state index in [2.05, 4.69) is 23.9 Å². The number of hydrogen-bond acceptors (Lipinski definition) is 5. The Balaban J connectivity index is 2.46. The summed E-state index contributed by atoms with van der Waals surface area (Å²) in [6.07, 6.45) is 5.23. The number of carboxylic acid groups (broad SMARTS) is 1. The van der Waals surface area contributed by atoms with Crippen molar-refractivity contribution >= 4 is 17.8 Å². The summed E-state index contributed by atoms with van der Waals surface area (Å²) in [6.45, 7) is 8.76. The normalized spacial score (nSPS) is 17.5. The molecular weight excluding hydrogens is 302 g/mol. The molecule has 0 aromatic heterocycles. The van der Waals surface area contributed by atoms with Gasteiger partial charge in [0.1, 0.15) is 5.70 Å². The van der Waals surface area contributed by atoms with E-state index in [1.807, 2.05) is 0 Å². The number of nitrogens with zero attached hydrogens (tertiary/aromatic N) is 1. The Morgan fingerprint density at radius 3 is 2.74 bits per heavy atom. The maximum absolute atomic E-state index is 11.7. The Morgan fingerprint density at radius 1 is 1.43 bits per heavy atom. The molecule has 3 N–H and O–H groups in total. The van der Waals surface area contributed by atoms with Gasteiger partial charge in [0.15, 0.2) is 0 Å². The van der Waals surface area contributed by atoms with Crippen molar-refractivity contribution in [1.29, 1.82) is 0 Å². The molecule has 1 unspecified atom stereocenters. The SMILES string of the molecule is C=CC(=O)N(NC(=O)C=CCCC1CNCCO1)C(=C)C(=O)O.